The van der Waals surface area contributed by atoms with Crippen LogP contribution in [0.2, 0.25) is 0 Å². The molecular weight excluding hydrogens is 299 g/mol. The molecule has 3 rings (SSSR count). The summed E-state index contributed by atoms with van der Waals surface area (Å²) >= 11 is 0. The summed E-state index contributed by atoms with van der Waals surface area (Å²) in [4.78, 5) is 27.7. The van der Waals surface area contributed by atoms with Gasteiger partial charge < -0.3 is 14.5 Å². The fourth-order valence-electron chi connectivity index (χ4n) is 3.30. The SMILES string of the molecule is CCC(=O)N1CCOCC2(CC(=O)N2Cc2ccc(F)cc2)C1. The Labute approximate surface area is 135 Å². The lowest BCUT2D eigenvalue weighted by molar-refractivity contribution is -0.166. The largest absolute Gasteiger partial charge is 0.377 e. The number of ether oxygens (including phenoxy) is 1. The molecule has 0 radical (unpaired) electrons. The third kappa shape index (κ3) is 3.08. The van der Waals surface area contributed by atoms with Crippen molar-refractivity contribution in [1.82, 2.24) is 9.80 Å². The van der Waals surface area contributed by atoms with Gasteiger partial charge in [0.25, 0.3) is 0 Å². The van der Waals surface area contributed by atoms with Gasteiger partial charge in [-0.2, -0.15) is 0 Å². The van der Waals surface area contributed by atoms with Crippen LogP contribution in [-0.2, 0) is 20.9 Å². The van der Waals surface area contributed by atoms with Crippen LogP contribution in [0.4, 0.5) is 4.39 Å². The van der Waals surface area contributed by atoms with E-state index in [2.05, 4.69) is 0 Å². The van der Waals surface area contributed by atoms with Gasteiger partial charge in [-0.25, -0.2) is 4.39 Å². The zero-order chi connectivity index (χ0) is 16.4. The monoisotopic (exact) mass is 320 g/mol. The van der Waals surface area contributed by atoms with E-state index >= 15 is 0 Å². The van der Waals surface area contributed by atoms with Gasteiger partial charge in [0.15, 0.2) is 0 Å². The Morgan fingerprint density at radius 1 is 1.35 bits per heavy atom. The molecule has 2 saturated heterocycles. The van der Waals surface area contributed by atoms with E-state index in [4.69, 9.17) is 4.74 Å². The molecule has 0 aromatic heterocycles. The average molecular weight is 320 g/mol. The number of β-lactam (4-membered cyclic amide) rings is 1. The number of nitrogens with zero attached hydrogens (tertiary/aromatic N) is 2. The number of carbonyl (C=O) groups excluding carboxylic acids is 2. The van der Waals surface area contributed by atoms with Gasteiger partial charge in [0.2, 0.25) is 11.8 Å². The Kier molecular flexibility index (Phi) is 4.35. The topological polar surface area (TPSA) is 49.9 Å². The van der Waals surface area contributed by atoms with Crippen LogP contribution in [0.15, 0.2) is 24.3 Å². The summed E-state index contributed by atoms with van der Waals surface area (Å²) in [6.45, 7) is 4.25. The molecule has 2 amide bonds. The predicted octanol–water partition coefficient (Wildman–Crippen LogP) is 1.57. The summed E-state index contributed by atoms with van der Waals surface area (Å²) in [5.74, 6) is -0.171. The van der Waals surface area contributed by atoms with Crippen LogP contribution in [0.5, 0.6) is 0 Å². The Morgan fingerprint density at radius 3 is 2.74 bits per heavy atom. The second-order valence-electron chi connectivity index (χ2n) is 6.23. The van der Waals surface area contributed by atoms with Crippen molar-refractivity contribution >= 4 is 11.8 Å². The number of hydrogen-bond donors (Lipinski definition) is 0. The molecule has 0 N–H and O–H groups in total. The standard InChI is InChI=1S/C17H21FN2O3/c1-2-15(21)19-7-8-23-12-17(11-19)9-16(22)20(17)10-13-3-5-14(18)6-4-13/h3-6H,2,7-12H2,1H3. The van der Waals surface area contributed by atoms with Crippen LogP contribution < -0.4 is 0 Å². The van der Waals surface area contributed by atoms with Gasteiger partial charge in [0.05, 0.1) is 25.2 Å². The predicted molar refractivity (Wildman–Crippen MR) is 82.0 cm³/mol. The highest BCUT2D eigenvalue weighted by Gasteiger charge is 2.53. The average Bonchev–Trinajstić information content (AvgIpc) is 2.78. The Bertz CT molecular complexity index is 604. The molecule has 23 heavy (non-hydrogen) atoms. The van der Waals surface area contributed by atoms with Crippen molar-refractivity contribution in [2.45, 2.75) is 31.8 Å². The molecule has 2 aliphatic heterocycles. The molecule has 1 unspecified atom stereocenters. The lowest BCUT2D eigenvalue weighted by Crippen LogP contribution is -2.69. The quantitative estimate of drug-likeness (QED) is 0.794. The highest BCUT2D eigenvalue weighted by molar-refractivity contribution is 5.86. The lowest BCUT2D eigenvalue weighted by Gasteiger charge is -2.52. The Hall–Kier alpha value is -1.95. The molecule has 2 fully saturated rings. The molecule has 1 aromatic carbocycles. The Morgan fingerprint density at radius 2 is 2.09 bits per heavy atom. The van der Waals surface area contributed by atoms with Crippen molar-refractivity contribution < 1.29 is 18.7 Å². The van der Waals surface area contributed by atoms with Crippen LogP contribution in [0.1, 0.15) is 25.3 Å². The van der Waals surface area contributed by atoms with Crippen LogP contribution in [-0.4, -0.2) is 53.5 Å². The Balaban J connectivity index is 1.77. The molecule has 6 heteroatoms. The first-order chi connectivity index (χ1) is 11.0. The van der Waals surface area contributed by atoms with Crippen LogP contribution in [0.25, 0.3) is 0 Å². The molecule has 0 bridgehead atoms. The van der Waals surface area contributed by atoms with Crippen LogP contribution in [0.3, 0.4) is 0 Å². The van der Waals surface area contributed by atoms with Gasteiger partial charge >= 0.3 is 0 Å². The zero-order valence-electron chi connectivity index (χ0n) is 13.3. The van der Waals surface area contributed by atoms with Gasteiger partial charge in [-0.05, 0) is 17.7 Å². The van der Waals surface area contributed by atoms with Crippen molar-refractivity contribution in [2.75, 3.05) is 26.3 Å². The molecule has 1 spiro atoms. The van der Waals surface area contributed by atoms with Crippen molar-refractivity contribution in [3.05, 3.63) is 35.6 Å². The third-order valence-corrected chi connectivity index (χ3v) is 4.62. The zero-order valence-corrected chi connectivity index (χ0v) is 13.3. The maximum Gasteiger partial charge on any atom is 0.226 e. The highest BCUT2D eigenvalue weighted by atomic mass is 19.1. The minimum absolute atomic E-state index is 0.0451. The fourth-order valence-corrected chi connectivity index (χ4v) is 3.30. The molecule has 0 aliphatic carbocycles. The first-order valence-corrected chi connectivity index (χ1v) is 7.94. The number of benzene rings is 1. The second-order valence-corrected chi connectivity index (χ2v) is 6.23. The number of likely N-dealkylation sites (tertiary alicyclic amines) is 1. The van der Waals surface area contributed by atoms with Gasteiger partial charge in [-0.15, -0.1) is 0 Å². The summed E-state index contributed by atoms with van der Waals surface area (Å²) in [7, 11) is 0. The number of amides is 2. The molecule has 0 saturated carbocycles. The maximum atomic E-state index is 13.0. The summed E-state index contributed by atoms with van der Waals surface area (Å²) in [5.41, 5.74) is 0.420. The molecular formula is C17H21FN2O3. The fraction of sp³-hybridized carbons (Fsp3) is 0.529. The smallest absolute Gasteiger partial charge is 0.226 e. The number of carbonyl (C=O) groups is 2. The summed E-state index contributed by atoms with van der Waals surface area (Å²) in [6, 6.07) is 6.15. The van der Waals surface area contributed by atoms with E-state index in [1.807, 2.05) is 6.92 Å². The summed E-state index contributed by atoms with van der Waals surface area (Å²) < 4.78 is 18.7. The molecule has 5 nitrogen and oxygen atoms in total. The van der Waals surface area contributed by atoms with Crippen molar-refractivity contribution in [3.63, 3.8) is 0 Å². The molecule has 124 valence electrons. The van der Waals surface area contributed by atoms with Gasteiger partial charge in [-0.1, -0.05) is 19.1 Å². The van der Waals surface area contributed by atoms with E-state index < -0.39 is 5.54 Å². The number of hydrogen-bond acceptors (Lipinski definition) is 3. The van der Waals surface area contributed by atoms with Crippen molar-refractivity contribution in [2.24, 2.45) is 0 Å². The number of halogens is 1. The van der Waals surface area contributed by atoms with E-state index in [0.29, 0.717) is 45.7 Å². The third-order valence-electron chi connectivity index (χ3n) is 4.62. The van der Waals surface area contributed by atoms with Crippen LogP contribution in [0, 0.1) is 5.82 Å². The first kappa shape index (κ1) is 15.9. The molecule has 2 heterocycles. The summed E-state index contributed by atoms with van der Waals surface area (Å²) in [6.07, 6.45) is 0.837. The number of rotatable bonds is 3. The molecule has 1 atom stereocenters. The van der Waals surface area contributed by atoms with Crippen molar-refractivity contribution in [3.8, 4) is 0 Å². The van der Waals surface area contributed by atoms with E-state index in [1.165, 1.54) is 12.1 Å². The minimum atomic E-state index is -0.452. The molecule has 1 aromatic rings. The molecule has 2 aliphatic rings. The van der Waals surface area contributed by atoms with Crippen molar-refractivity contribution in [1.29, 1.82) is 0 Å². The van der Waals surface area contributed by atoms with Crippen LogP contribution >= 0.6 is 0 Å². The van der Waals surface area contributed by atoms with E-state index in [-0.39, 0.29) is 17.6 Å². The van der Waals surface area contributed by atoms with Gasteiger partial charge in [0.1, 0.15) is 5.82 Å². The van der Waals surface area contributed by atoms with E-state index in [0.717, 1.165) is 5.56 Å². The van der Waals surface area contributed by atoms with E-state index in [1.54, 1.807) is 21.9 Å². The maximum absolute atomic E-state index is 13.0. The summed E-state index contributed by atoms with van der Waals surface area (Å²) in [5, 5.41) is 0. The second kappa shape index (κ2) is 6.28. The first-order valence-electron chi connectivity index (χ1n) is 7.94. The van der Waals surface area contributed by atoms with Gasteiger partial charge in [0, 0.05) is 26.1 Å². The van der Waals surface area contributed by atoms with E-state index in [9.17, 15) is 14.0 Å². The normalized spacial score (nSPS) is 24.5. The minimum Gasteiger partial charge on any atom is -0.377 e. The lowest BCUT2D eigenvalue weighted by atomic mass is 9.83. The van der Waals surface area contributed by atoms with Gasteiger partial charge in [-0.3, -0.25) is 9.59 Å². The highest BCUT2D eigenvalue weighted by Crippen LogP contribution is 2.36.